The largest absolute Gasteiger partial charge is 0.478 e. The van der Waals surface area contributed by atoms with Gasteiger partial charge in [0, 0.05) is 5.56 Å². The van der Waals surface area contributed by atoms with E-state index in [9.17, 15) is 19.5 Å². The first-order valence-corrected chi connectivity index (χ1v) is 11.3. The predicted molar refractivity (Wildman–Crippen MR) is 132 cm³/mol. The van der Waals surface area contributed by atoms with Gasteiger partial charge in [-0.2, -0.15) is 5.10 Å². The molecule has 0 aliphatic rings. The maximum Gasteiger partial charge on any atom is 0.336 e. The van der Waals surface area contributed by atoms with Crippen molar-refractivity contribution in [2.45, 2.75) is 12.1 Å². The van der Waals surface area contributed by atoms with Gasteiger partial charge in [0.2, 0.25) is 0 Å². The number of nitrogens with zero attached hydrogens (tertiary/aromatic N) is 3. The van der Waals surface area contributed by atoms with Gasteiger partial charge in [-0.15, -0.1) is 0 Å². The summed E-state index contributed by atoms with van der Waals surface area (Å²) in [6.45, 7) is 1.90. The molecule has 1 aromatic heterocycles. The first kappa shape index (κ1) is 22.9. The molecule has 0 saturated heterocycles. The number of hydrogen-bond donors (Lipinski definition) is 2. The summed E-state index contributed by atoms with van der Waals surface area (Å²) in [6.07, 6.45) is 1.28. The normalized spacial score (nSPS) is 11.1. The second-order valence-electron chi connectivity index (χ2n) is 7.31. The molecule has 1 amide bonds. The molecule has 0 radical (unpaired) electrons. The zero-order chi connectivity index (χ0) is 24.1. The Kier molecular flexibility index (Phi) is 6.84. The van der Waals surface area contributed by atoms with Crippen molar-refractivity contribution < 1.29 is 14.7 Å². The highest BCUT2D eigenvalue weighted by Crippen LogP contribution is 2.23. The number of fused-ring (bicyclic) bond motifs is 1. The number of hydrazone groups is 1. The third-order valence-corrected chi connectivity index (χ3v) is 5.96. The van der Waals surface area contributed by atoms with Crippen molar-refractivity contribution in [2.24, 2.45) is 5.10 Å². The van der Waals surface area contributed by atoms with Gasteiger partial charge >= 0.3 is 5.97 Å². The summed E-state index contributed by atoms with van der Waals surface area (Å²) in [7, 11) is 0. The van der Waals surface area contributed by atoms with Gasteiger partial charge in [-0.25, -0.2) is 15.2 Å². The Morgan fingerprint density at radius 2 is 1.76 bits per heavy atom. The highest BCUT2D eigenvalue weighted by Gasteiger charge is 2.16. The van der Waals surface area contributed by atoms with Crippen molar-refractivity contribution in [3.8, 4) is 5.69 Å². The number of hydrogen-bond acceptors (Lipinski definition) is 6. The number of carboxylic acids is 1. The molecule has 8 nitrogen and oxygen atoms in total. The highest BCUT2D eigenvalue weighted by atomic mass is 32.2. The Bertz CT molecular complexity index is 1480. The lowest BCUT2D eigenvalue weighted by molar-refractivity contribution is -0.118. The number of rotatable bonds is 7. The molecule has 0 aliphatic heterocycles. The summed E-state index contributed by atoms with van der Waals surface area (Å²) < 4.78 is 1.52. The number of para-hydroxylation sites is 2. The summed E-state index contributed by atoms with van der Waals surface area (Å²) in [5, 5.41) is 14.0. The van der Waals surface area contributed by atoms with E-state index in [1.165, 1.54) is 16.8 Å². The predicted octanol–water partition coefficient (Wildman–Crippen LogP) is 3.63. The Morgan fingerprint density at radius 1 is 1.06 bits per heavy atom. The van der Waals surface area contributed by atoms with Crippen molar-refractivity contribution >= 4 is 40.8 Å². The van der Waals surface area contributed by atoms with E-state index in [1.807, 2.05) is 31.2 Å². The number of benzene rings is 3. The van der Waals surface area contributed by atoms with Crippen LogP contribution in [0, 0.1) is 6.92 Å². The van der Waals surface area contributed by atoms with E-state index in [-0.39, 0.29) is 16.9 Å². The molecule has 34 heavy (non-hydrogen) atoms. The van der Waals surface area contributed by atoms with Crippen molar-refractivity contribution in [3.63, 3.8) is 0 Å². The number of carbonyl (C=O) groups excluding carboxylic acids is 1. The number of aryl methyl sites for hydroxylation is 1. The molecular weight excluding hydrogens is 452 g/mol. The molecule has 0 fully saturated rings. The number of aromatic nitrogens is 2. The molecular formula is C25H20N4O4S. The number of amides is 1. The van der Waals surface area contributed by atoms with Crippen LogP contribution in [0.1, 0.15) is 21.5 Å². The van der Waals surface area contributed by atoms with Gasteiger partial charge in [-0.05, 0) is 36.8 Å². The van der Waals surface area contributed by atoms with E-state index >= 15 is 0 Å². The average molecular weight is 473 g/mol. The second-order valence-corrected chi connectivity index (χ2v) is 8.26. The Hall–Kier alpha value is -4.24. The number of carbonyl (C=O) groups is 2. The Balaban J connectivity index is 1.57. The van der Waals surface area contributed by atoms with Gasteiger partial charge in [0.25, 0.3) is 11.5 Å². The molecule has 0 bridgehead atoms. The van der Waals surface area contributed by atoms with Gasteiger partial charge in [0.05, 0.1) is 34.1 Å². The summed E-state index contributed by atoms with van der Waals surface area (Å²) in [5.74, 6) is -1.55. The van der Waals surface area contributed by atoms with Crippen LogP contribution in [-0.4, -0.2) is 38.5 Å². The van der Waals surface area contributed by atoms with Gasteiger partial charge in [-0.1, -0.05) is 60.3 Å². The molecule has 0 spiro atoms. The molecule has 170 valence electrons. The van der Waals surface area contributed by atoms with Crippen LogP contribution in [0.15, 0.2) is 87.8 Å². The summed E-state index contributed by atoms with van der Waals surface area (Å²) >= 11 is 1.11. The fourth-order valence-corrected chi connectivity index (χ4v) is 4.17. The smallest absolute Gasteiger partial charge is 0.336 e. The van der Waals surface area contributed by atoms with Crippen molar-refractivity contribution in [2.75, 3.05) is 5.75 Å². The quantitative estimate of drug-likeness (QED) is 0.184. The number of nitrogens with one attached hydrogen (secondary N) is 1. The van der Waals surface area contributed by atoms with Crippen molar-refractivity contribution in [1.29, 1.82) is 0 Å². The summed E-state index contributed by atoms with van der Waals surface area (Å²) in [5.41, 5.74) is 4.76. The van der Waals surface area contributed by atoms with Crippen LogP contribution in [0.4, 0.5) is 0 Å². The molecule has 3 aromatic carbocycles. The third kappa shape index (κ3) is 4.89. The second kappa shape index (κ2) is 10.1. The molecule has 0 saturated carbocycles. The van der Waals surface area contributed by atoms with Crippen LogP contribution in [0.25, 0.3) is 16.6 Å². The lowest BCUT2D eigenvalue weighted by atomic mass is 10.1. The maximum atomic E-state index is 13.3. The molecule has 9 heteroatoms. The fraction of sp³-hybridized carbons (Fsp3) is 0.0800. The van der Waals surface area contributed by atoms with Gasteiger partial charge in [0.1, 0.15) is 0 Å². The van der Waals surface area contributed by atoms with E-state index < -0.39 is 11.9 Å². The van der Waals surface area contributed by atoms with E-state index in [2.05, 4.69) is 15.5 Å². The standard InChI is InChI=1S/C25H20N4O4S/c1-16-8-2-7-13-21(16)29-23(31)19-11-5-6-12-20(19)27-25(29)34-15-22(30)28-26-14-17-9-3-4-10-18(17)24(32)33/h2-14H,15H2,1H3,(H,28,30)(H,32,33). The third-order valence-electron chi connectivity index (χ3n) is 5.02. The summed E-state index contributed by atoms with van der Waals surface area (Å²) in [4.78, 5) is 41.6. The van der Waals surface area contributed by atoms with E-state index in [0.717, 1.165) is 17.3 Å². The van der Waals surface area contributed by atoms with E-state index in [4.69, 9.17) is 0 Å². The Morgan fingerprint density at radius 3 is 2.56 bits per heavy atom. The van der Waals surface area contributed by atoms with Crippen LogP contribution in [0.5, 0.6) is 0 Å². The number of aromatic carboxylic acids is 1. The molecule has 2 N–H and O–H groups in total. The van der Waals surface area contributed by atoms with E-state index in [0.29, 0.717) is 27.3 Å². The van der Waals surface area contributed by atoms with Crippen LogP contribution in [-0.2, 0) is 4.79 Å². The average Bonchev–Trinajstić information content (AvgIpc) is 2.84. The van der Waals surface area contributed by atoms with Gasteiger partial charge in [0.15, 0.2) is 5.16 Å². The van der Waals surface area contributed by atoms with Crippen LogP contribution in [0.3, 0.4) is 0 Å². The molecule has 4 aromatic rings. The number of thioether (sulfide) groups is 1. The first-order chi connectivity index (χ1) is 16.5. The van der Waals surface area contributed by atoms with Crippen LogP contribution >= 0.6 is 11.8 Å². The Labute approximate surface area is 199 Å². The molecule has 0 aliphatic carbocycles. The van der Waals surface area contributed by atoms with Crippen molar-refractivity contribution in [3.05, 3.63) is 99.8 Å². The maximum absolute atomic E-state index is 13.3. The molecule has 0 atom stereocenters. The lowest BCUT2D eigenvalue weighted by Crippen LogP contribution is -2.24. The summed E-state index contributed by atoms with van der Waals surface area (Å²) in [6, 6.07) is 20.9. The highest BCUT2D eigenvalue weighted by molar-refractivity contribution is 7.99. The topological polar surface area (TPSA) is 114 Å². The zero-order valence-corrected chi connectivity index (χ0v) is 19.0. The number of carboxylic acid groups (broad SMARTS) is 1. The molecule has 0 unspecified atom stereocenters. The van der Waals surface area contributed by atoms with Gasteiger partial charge in [-0.3, -0.25) is 14.2 Å². The monoisotopic (exact) mass is 472 g/mol. The molecule has 1 heterocycles. The lowest BCUT2D eigenvalue weighted by Gasteiger charge is -2.14. The fourth-order valence-electron chi connectivity index (χ4n) is 3.38. The minimum Gasteiger partial charge on any atom is -0.478 e. The van der Waals surface area contributed by atoms with E-state index in [1.54, 1.807) is 42.5 Å². The van der Waals surface area contributed by atoms with Crippen molar-refractivity contribution in [1.82, 2.24) is 15.0 Å². The van der Waals surface area contributed by atoms with Gasteiger partial charge < -0.3 is 5.11 Å². The zero-order valence-electron chi connectivity index (χ0n) is 18.1. The minimum absolute atomic E-state index is 0.0470. The minimum atomic E-state index is -1.08. The SMILES string of the molecule is Cc1ccccc1-n1c(SCC(=O)NN=Cc2ccccc2C(=O)O)nc2ccccc2c1=O. The first-order valence-electron chi connectivity index (χ1n) is 10.3. The molecule has 4 rings (SSSR count). The van der Waals surface area contributed by atoms with Crippen LogP contribution in [0.2, 0.25) is 0 Å². The van der Waals surface area contributed by atoms with Crippen LogP contribution < -0.4 is 11.0 Å².